The lowest BCUT2D eigenvalue weighted by Crippen LogP contribution is -2.22. The number of hydrogen-bond acceptors (Lipinski definition) is 6. The standard InChI is InChI=1S/C22H22N4O4/c1-13(14-7-9-18(29-2)19(12-14)30-3)24-25-21(27)15-6-8-16-17(11-15)23-20-5-4-10-26(20)22(16)28/h6-9,11-12H,4-5,10H2,1-3H3,(H,25,27)/b24-13-. The Bertz CT molecular complexity index is 1230. The van der Waals surface area contributed by atoms with Crippen molar-refractivity contribution in [3.8, 4) is 11.5 Å². The molecule has 1 aliphatic rings. The maximum atomic E-state index is 12.6. The Balaban J connectivity index is 1.57. The van der Waals surface area contributed by atoms with Crippen molar-refractivity contribution in [3.63, 3.8) is 0 Å². The maximum absolute atomic E-state index is 12.6. The van der Waals surface area contributed by atoms with Crippen LogP contribution in [0, 0.1) is 0 Å². The SMILES string of the molecule is COc1ccc(/C(C)=N\NC(=O)c2ccc3c(=O)n4c(nc3c2)CCC4)cc1OC. The van der Waals surface area contributed by atoms with Crippen LogP contribution in [0.25, 0.3) is 10.9 Å². The van der Waals surface area contributed by atoms with E-state index in [-0.39, 0.29) is 11.5 Å². The normalized spacial score (nSPS) is 13.2. The Labute approximate surface area is 173 Å². The molecule has 3 aromatic rings. The number of fused-ring (bicyclic) bond motifs is 2. The highest BCUT2D eigenvalue weighted by molar-refractivity contribution is 6.02. The van der Waals surface area contributed by atoms with E-state index in [1.165, 1.54) is 0 Å². The minimum absolute atomic E-state index is 0.0539. The van der Waals surface area contributed by atoms with Crippen molar-refractivity contribution in [1.82, 2.24) is 15.0 Å². The maximum Gasteiger partial charge on any atom is 0.271 e. The van der Waals surface area contributed by atoms with Gasteiger partial charge in [0.25, 0.3) is 11.5 Å². The predicted molar refractivity (Wildman–Crippen MR) is 114 cm³/mol. The van der Waals surface area contributed by atoms with Crippen molar-refractivity contribution in [2.75, 3.05) is 14.2 Å². The Kier molecular flexibility index (Phi) is 5.22. The van der Waals surface area contributed by atoms with E-state index < -0.39 is 0 Å². The number of rotatable bonds is 5. The molecule has 0 bridgehead atoms. The van der Waals surface area contributed by atoms with E-state index in [2.05, 4.69) is 15.5 Å². The van der Waals surface area contributed by atoms with Gasteiger partial charge in [-0.15, -0.1) is 0 Å². The number of benzene rings is 2. The van der Waals surface area contributed by atoms with Crippen LogP contribution < -0.4 is 20.5 Å². The van der Waals surface area contributed by atoms with E-state index in [1.807, 2.05) is 6.07 Å². The van der Waals surface area contributed by atoms with Crippen LogP contribution in [0.15, 0.2) is 46.3 Å². The molecule has 154 valence electrons. The number of carbonyl (C=O) groups excluding carboxylic acids is 1. The molecule has 0 saturated carbocycles. The van der Waals surface area contributed by atoms with E-state index >= 15 is 0 Å². The second kappa shape index (κ2) is 7.98. The molecular formula is C22H22N4O4. The molecule has 0 spiro atoms. The molecule has 0 fully saturated rings. The van der Waals surface area contributed by atoms with Gasteiger partial charge >= 0.3 is 0 Å². The van der Waals surface area contributed by atoms with Gasteiger partial charge in [-0.2, -0.15) is 5.10 Å². The molecule has 8 heteroatoms. The predicted octanol–water partition coefficient (Wildman–Crippen LogP) is 2.51. The van der Waals surface area contributed by atoms with E-state index in [0.717, 1.165) is 24.2 Å². The summed E-state index contributed by atoms with van der Waals surface area (Å²) in [4.78, 5) is 29.7. The molecular weight excluding hydrogens is 384 g/mol. The van der Waals surface area contributed by atoms with Crippen LogP contribution in [0.3, 0.4) is 0 Å². The van der Waals surface area contributed by atoms with Crippen molar-refractivity contribution >= 4 is 22.5 Å². The number of nitrogens with zero attached hydrogens (tertiary/aromatic N) is 3. The topological polar surface area (TPSA) is 94.8 Å². The third kappa shape index (κ3) is 3.52. The number of hydrazone groups is 1. The van der Waals surface area contributed by atoms with E-state index in [9.17, 15) is 9.59 Å². The Morgan fingerprint density at radius 1 is 1.10 bits per heavy atom. The number of hydrogen-bond donors (Lipinski definition) is 1. The minimum atomic E-state index is -0.376. The largest absolute Gasteiger partial charge is 0.493 e. The molecule has 0 saturated heterocycles. The van der Waals surface area contributed by atoms with E-state index in [4.69, 9.17) is 9.47 Å². The molecule has 0 radical (unpaired) electrons. The van der Waals surface area contributed by atoms with Crippen molar-refractivity contribution in [1.29, 1.82) is 0 Å². The summed E-state index contributed by atoms with van der Waals surface area (Å²) in [7, 11) is 3.13. The first-order chi connectivity index (χ1) is 14.5. The zero-order valence-corrected chi connectivity index (χ0v) is 17.1. The smallest absolute Gasteiger partial charge is 0.271 e. The molecule has 4 rings (SSSR count). The summed E-state index contributed by atoms with van der Waals surface area (Å²) in [5.74, 6) is 1.59. The molecule has 1 aromatic heterocycles. The van der Waals surface area contributed by atoms with Gasteiger partial charge in [-0.1, -0.05) is 0 Å². The lowest BCUT2D eigenvalue weighted by molar-refractivity contribution is 0.0955. The Morgan fingerprint density at radius 3 is 2.63 bits per heavy atom. The third-order valence-corrected chi connectivity index (χ3v) is 5.21. The lowest BCUT2D eigenvalue weighted by atomic mass is 10.1. The molecule has 1 aliphatic heterocycles. The van der Waals surface area contributed by atoms with Crippen LogP contribution in [-0.4, -0.2) is 35.4 Å². The molecule has 30 heavy (non-hydrogen) atoms. The molecule has 1 N–H and O–H groups in total. The van der Waals surface area contributed by atoms with Crippen LogP contribution in [0.4, 0.5) is 0 Å². The Morgan fingerprint density at radius 2 is 1.87 bits per heavy atom. The average Bonchev–Trinajstić information content (AvgIpc) is 3.25. The fourth-order valence-corrected chi connectivity index (χ4v) is 3.55. The second-order valence-corrected chi connectivity index (χ2v) is 7.03. The van der Waals surface area contributed by atoms with Gasteiger partial charge in [0.05, 0.1) is 30.8 Å². The number of aromatic nitrogens is 2. The van der Waals surface area contributed by atoms with Gasteiger partial charge in [0.15, 0.2) is 11.5 Å². The summed E-state index contributed by atoms with van der Waals surface area (Å²) in [6.07, 6.45) is 1.69. The minimum Gasteiger partial charge on any atom is -0.493 e. The second-order valence-electron chi connectivity index (χ2n) is 7.03. The molecule has 2 heterocycles. The average molecular weight is 406 g/mol. The van der Waals surface area contributed by atoms with Crippen LogP contribution in [0.5, 0.6) is 11.5 Å². The van der Waals surface area contributed by atoms with E-state index in [1.54, 1.807) is 56.0 Å². The van der Waals surface area contributed by atoms with Crippen LogP contribution in [0.1, 0.15) is 35.1 Å². The molecule has 2 aromatic carbocycles. The number of aryl methyl sites for hydroxylation is 1. The van der Waals surface area contributed by atoms with Gasteiger partial charge < -0.3 is 9.47 Å². The fraction of sp³-hybridized carbons (Fsp3) is 0.273. The monoisotopic (exact) mass is 406 g/mol. The van der Waals surface area contributed by atoms with Crippen molar-refractivity contribution in [2.45, 2.75) is 26.3 Å². The number of nitrogens with one attached hydrogen (secondary N) is 1. The zero-order valence-electron chi connectivity index (χ0n) is 17.1. The zero-order chi connectivity index (χ0) is 21.3. The van der Waals surface area contributed by atoms with Crippen molar-refractivity contribution in [3.05, 3.63) is 63.7 Å². The lowest BCUT2D eigenvalue weighted by Gasteiger charge is -2.09. The summed E-state index contributed by atoms with van der Waals surface area (Å²) >= 11 is 0. The quantitative estimate of drug-likeness (QED) is 0.519. The molecule has 1 amide bonds. The fourth-order valence-electron chi connectivity index (χ4n) is 3.55. The van der Waals surface area contributed by atoms with Crippen LogP contribution >= 0.6 is 0 Å². The first-order valence-corrected chi connectivity index (χ1v) is 9.62. The van der Waals surface area contributed by atoms with E-state index in [0.29, 0.717) is 40.2 Å². The number of ether oxygens (including phenoxy) is 2. The highest BCUT2D eigenvalue weighted by atomic mass is 16.5. The van der Waals surface area contributed by atoms with Gasteiger partial charge in [0.2, 0.25) is 0 Å². The first kappa shape index (κ1) is 19.6. The van der Waals surface area contributed by atoms with Crippen molar-refractivity contribution < 1.29 is 14.3 Å². The molecule has 0 aliphatic carbocycles. The number of amides is 1. The summed E-state index contributed by atoms with van der Waals surface area (Å²) < 4.78 is 12.2. The summed E-state index contributed by atoms with van der Waals surface area (Å²) in [6, 6.07) is 10.3. The highest BCUT2D eigenvalue weighted by Gasteiger charge is 2.17. The first-order valence-electron chi connectivity index (χ1n) is 9.62. The van der Waals surface area contributed by atoms with Crippen molar-refractivity contribution in [2.24, 2.45) is 5.10 Å². The molecule has 0 unspecified atom stereocenters. The van der Waals surface area contributed by atoms with Crippen LogP contribution in [0.2, 0.25) is 0 Å². The van der Waals surface area contributed by atoms with Gasteiger partial charge in [0.1, 0.15) is 5.82 Å². The molecule has 0 atom stereocenters. The molecule has 8 nitrogen and oxygen atoms in total. The van der Waals surface area contributed by atoms with Gasteiger partial charge in [0, 0.05) is 24.1 Å². The summed E-state index contributed by atoms with van der Waals surface area (Å²) in [5, 5.41) is 4.71. The van der Waals surface area contributed by atoms with Crippen LogP contribution in [-0.2, 0) is 13.0 Å². The van der Waals surface area contributed by atoms with Gasteiger partial charge in [-0.25, -0.2) is 10.4 Å². The number of carbonyl (C=O) groups is 1. The number of methoxy groups -OCH3 is 2. The summed E-state index contributed by atoms with van der Waals surface area (Å²) in [6.45, 7) is 2.48. The van der Waals surface area contributed by atoms with Gasteiger partial charge in [-0.05, 0) is 49.7 Å². The third-order valence-electron chi connectivity index (χ3n) is 5.21. The van der Waals surface area contributed by atoms with Gasteiger partial charge in [-0.3, -0.25) is 14.2 Å². The Hall–Kier alpha value is -3.68. The summed E-state index contributed by atoms with van der Waals surface area (Å²) in [5.41, 5.74) is 4.83. The highest BCUT2D eigenvalue weighted by Crippen LogP contribution is 2.27.